The summed E-state index contributed by atoms with van der Waals surface area (Å²) in [6, 6.07) is 14.9. The lowest BCUT2D eigenvalue weighted by Crippen LogP contribution is -2.23. The smallest absolute Gasteiger partial charge is 0.157 e. The summed E-state index contributed by atoms with van der Waals surface area (Å²) in [5, 5.41) is 14.7. The van der Waals surface area contributed by atoms with Gasteiger partial charge in [-0.25, -0.2) is 9.67 Å². The van der Waals surface area contributed by atoms with Crippen LogP contribution in [0, 0.1) is 0 Å². The van der Waals surface area contributed by atoms with Crippen LogP contribution in [0.4, 0.5) is 0 Å². The van der Waals surface area contributed by atoms with Crippen LogP contribution in [-0.4, -0.2) is 39.2 Å². The van der Waals surface area contributed by atoms with E-state index in [1.807, 2.05) is 55.6 Å². The van der Waals surface area contributed by atoms with Gasteiger partial charge in [0.2, 0.25) is 0 Å². The minimum atomic E-state index is -0.708. The van der Waals surface area contributed by atoms with Gasteiger partial charge in [0.15, 0.2) is 5.82 Å². The van der Waals surface area contributed by atoms with Gasteiger partial charge in [-0.05, 0) is 42.0 Å². The lowest BCUT2D eigenvalue weighted by Gasteiger charge is -2.13. The van der Waals surface area contributed by atoms with E-state index < -0.39 is 6.10 Å². The molecular formula is C19H20ClN3O3. The Morgan fingerprint density at radius 2 is 1.81 bits per heavy atom. The minimum Gasteiger partial charge on any atom is -0.491 e. The second-order valence-corrected chi connectivity index (χ2v) is 6.27. The number of aliphatic hydroxyl groups is 1. The topological polar surface area (TPSA) is 69.4 Å². The summed E-state index contributed by atoms with van der Waals surface area (Å²) >= 11 is 5.84. The maximum atomic E-state index is 9.98. The van der Waals surface area contributed by atoms with Gasteiger partial charge in [-0.15, -0.1) is 0 Å². The van der Waals surface area contributed by atoms with Gasteiger partial charge in [-0.3, -0.25) is 0 Å². The molecule has 0 radical (unpaired) electrons. The van der Waals surface area contributed by atoms with E-state index in [4.69, 9.17) is 21.1 Å². The second-order valence-electron chi connectivity index (χ2n) is 5.84. The van der Waals surface area contributed by atoms with Gasteiger partial charge in [0.25, 0.3) is 0 Å². The van der Waals surface area contributed by atoms with Crippen molar-refractivity contribution in [3.05, 3.63) is 65.4 Å². The predicted octanol–water partition coefficient (Wildman–Crippen LogP) is 3.09. The Labute approximate surface area is 157 Å². The molecular weight excluding hydrogens is 354 g/mol. The molecule has 26 heavy (non-hydrogen) atoms. The first-order valence-corrected chi connectivity index (χ1v) is 8.57. The Bertz CT molecular complexity index is 819. The highest BCUT2D eigenvalue weighted by molar-refractivity contribution is 6.30. The fourth-order valence-electron chi connectivity index (χ4n) is 2.39. The molecule has 3 aromatic rings. The number of rotatable bonds is 8. The normalized spacial score (nSPS) is 12.1. The molecule has 3 rings (SSSR count). The number of hydrogen-bond donors (Lipinski definition) is 1. The SMILES string of the molecule is Cn1ncnc1-c1ccc(OC[C@@H](O)COCc2ccc(Cl)cc2)cc1. The molecule has 0 saturated heterocycles. The van der Waals surface area contributed by atoms with E-state index in [-0.39, 0.29) is 13.2 Å². The van der Waals surface area contributed by atoms with Crippen molar-refractivity contribution in [2.75, 3.05) is 13.2 Å². The maximum Gasteiger partial charge on any atom is 0.157 e. The highest BCUT2D eigenvalue weighted by Crippen LogP contribution is 2.20. The van der Waals surface area contributed by atoms with E-state index in [9.17, 15) is 5.11 Å². The van der Waals surface area contributed by atoms with Crippen molar-refractivity contribution >= 4 is 11.6 Å². The summed E-state index contributed by atoms with van der Waals surface area (Å²) in [6.07, 6.45) is 0.806. The lowest BCUT2D eigenvalue weighted by molar-refractivity contribution is 0.00549. The number of aliphatic hydroxyl groups excluding tert-OH is 1. The fraction of sp³-hybridized carbons (Fsp3) is 0.263. The zero-order valence-electron chi connectivity index (χ0n) is 14.4. The standard InChI is InChI=1S/C19H20ClN3O3/c1-23-19(21-13-22-23)15-4-8-18(9-5-15)26-12-17(24)11-25-10-14-2-6-16(20)7-3-14/h2-9,13,17,24H,10-12H2,1H3/t17-/m0/s1. The van der Waals surface area contributed by atoms with Crippen LogP contribution in [0.5, 0.6) is 5.75 Å². The van der Waals surface area contributed by atoms with Crippen molar-refractivity contribution in [3.63, 3.8) is 0 Å². The largest absolute Gasteiger partial charge is 0.491 e. The van der Waals surface area contributed by atoms with Crippen LogP contribution in [0.1, 0.15) is 5.56 Å². The molecule has 0 amide bonds. The summed E-state index contributed by atoms with van der Waals surface area (Å²) in [6.45, 7) is 0.768. The van der Waals surface area contributed by atoms with Crippen LogP contribution in [-0.2, 0) is 18.4 Å². The van der Waals surface area contributed by atoms with Gasteiger partial charge in [-0.1, -0.05) is 23.7 Å². The molecule has 1 atom stereocenters. The summed E-state index contributed by atoms with van der Waals surface area (Å²) in [5.41, 5.74) is 1.95. The number of nitrogens with zero attached hydrogens (tertiary/aromatic N) is 3. The summed E-state index contributed by atoms with van der Waals surface area (Å²) in [5.74, 6) is 1.46. The molecule has 7 heteroatoms. The Kier molecular flexibility index (Phi) is 6.22. The van der Waals surface area contributed by atoms with Crippen molar-refractivity contribution in [1.82, 2.24) is 14.8 Å². The Hall–Kier alpha value is -2.41. The monoisotopic (exact) mass is 373 g/mol. The van der Waals surface area contributed by atoms with E-state index in [1.165, 1.54) is 6.33 Å². The Balaban J connectivity index is 1.42. The molecule has 1 heterocycles. The third-order valence-corrected chi connectivity index (χ3v) is 4.01. The van der Waals surface area contributed by atoms with Gasteiger partial charge in [0.05, 0.1) is 13.2 Å². The second kappa shape index (κ2) is 8.80. The zero-order chi connectivity index (χ0) is 18.4. The average Bonchev–Trinajstić information content (AvgIpc) is 3.08. The van der Waals surface area contributed by atoms with Crippen molar-refractivity contribution in [1.29, 1.82) is 0 Å². The van der Waals surface area contributed by atoms with Crippen molar-refractivity contribution in [3.8, 4) is 17.1 Å². The number of aryl methyl sites for hydroxylation is 1. The maximum absolute atomic E-state index is 9.98. The van der Waals surface area contributed by atoms with E-state index in [0.717, 1.165) is 17.0 Å². The molecule has 0 aliphatic rings. The molecule has 0 unspecified atom stereocenters. The molecule has 0 fully saturated rings. The van der Waals surface area contributed by atoms with Crippen LogP contribution >= 0.6 is 11.6 Å². The van der Waals surface area contributed by atoms with Crippen LogP contribution in [0.25, 0.3) is 11.4 Å². The van der Waals surface area contributed by atoms with E-state index in [2.05, 4.69) is 10.1 Å². The molecule has 1 N–H and O–H groups in total. The first-order valence-electron chi connectivity index (χ1n) is 8.19. The summed E-state index contributed by atoms with van der Waals surface area (Å²) in [4.78, 5) is 4.20. The van der Waals surface area contributed by atoms with Crippen molar-refractivity contribution < 1.29 is 14.6 Å². The number of ether oxygens (including phenoxy) is 2. The van der Waals surface area contributed by atoms with Crippen LogP contribution < -0.4 is 4.74 Å². The number of aromatic nitrogens is 3. The fourth-order valence-corrected chi connectivity index (χ4v) is 2.52. The van der Waals surface area contributed by atoms with E-state index >= 15 is 0 Å². The molecule has 0 aliphatic heterocycles. The number of hydrogen-bond acceptors (Lipinski definition) is 5. The van der Waals surface area contributed by atoms with Crippen molar-refractivity contribution in [2.24, 2.45) is 7.05 Å². The highest BCUT2D eigenvalue weighted by atomic mass is 35.5. The molecule has 0 spiro atoms. The first kappa shape index (κ1) is 18.4. The van der Waals surface area contributed by atoms with Crippen LogP contribution in [0.3, 0.4) is 0 Å². The third-order valence-electron chi connectivity index (χ3n) is 3.76. The number of halogens is 1. The van der Waals surface area contributed by atoms with Gasteiger partial charge >= 0.3 is 0 Å². The molecule has 1 aromatic heterocycles. The minimum absolute atomic E-state index is 0.157. The molecule has 0 bridgehead atoms. The number of benzene rings is 2. The molecule has 6 nitrogen and oxygen atoms in total. The van der Waals surface area contributed by atoms with Crippen molar-refractivity contribution in [2.45, 2.75) is 12.7 Å². The summed E-state index contributed by atoms with van der Waals surface area (Å²) < 4.78 is 12.8. The molecule has 136 valence electrons. The highest BCUT2D eigenvalue weighted by Gasteiger charge is 2.08. The quantitative estimate of drug-likeness (QED) is 0.657. The predicted molar refractivity (Wildman–Crippen MR) is 99.0 cm³/mol. The van der Waals surface area contributed by atoms with Gasteiger partial charge in [0.1, 0.15) is 24.8 Å². The lowest BCUT2D eigenvalue weighted by atomic mass is 10.2. The molecule has 0 saturated carbocycles. The average molecular weight is 374 g/mol. The van der Waals surface area contributed by atoms with E-state index in [0.29, 0.717) is 17.4 Å². The molecule has 0 aliphatic carbocycles. The first-order chi connectivity index (χ1) is 12.6. The van der Waals surface area contributed by atoms with Crippen LogP contribution in [0.15, 0.2) is 54.9 Å². The summed E-state index contributed by atoms with van der Waals surface area (Å²) in [7, 11) is 1.84. The van der Waals surface area contributed by atoms with Gasteiger partial charge in [-0.2, -0.15) is 5.10 Å². The Morgan fingerprint density at radius 1 is 1.08 bits per heavy atom. The van der Waals surface area contributed by atoms with Gasteiger partial charge in [0, 0.05) is 17.6 Å². The third kappa shape index (κ3) is 5.05. The van der Waals surface area contributed by atoms with E-state index in [1.54, 1.807) is 4.68 Å². The van der Waals surface area contributed by atoms with Crippen LogP contribution in [0.2, 0.25) is 5.02 Å². The Morgan fingerprint density at radius 3 is 2.46 bits per heavy atom. The molecule has 2 aromatic carbocycles. The van der Waals surface area contributed by atoms with Gasteiger partial charge < -0.3 is 14.6 Å². The zero-order valence-corrected chi connectivity index (χ0v) is 15.1.